The first-order valence-corrected chi connectivity index (χ1v) is 9.26. The molecular weight excluding hydrogens is 338 g/mol. The number of pyridine rings is 1. The van der Waals surface area contributed by atoms with Crippen molar-refractivity contribution in [2.45, 2.75) is 31.2 Å². The molecule has 0 radical (unpaired) electrons. The number of hydrogen-bond donors (Lipinski definition) is 2. The van der Waals surface area contributed by atoms with E-state index >= 15 is 0 Å². The second-order valence-corrected chi connectivity index (χ2v) is 7.03. The molecule has 3 aromatic rings. The van der Waals surface area contributed by atoms with Gasteiger partial charge in [-0.2, -0.15) is 0 Å². The maximum atomic E-state index is 12.2. The highest BCUT2D eigenvalue weighted by molar-refractivity contribution is 5.74. The fourth-order valence-electron chi connectivity index (χ4n) is 3.53. The normalized spacial score (nSPS) is 15.0. The van der Waals surface area contributed by atoms with Crippen molar-refractivity contribution in [3.8, 4) is 5.82 Å². The molecule has 4 rings (SSSR count). The van der Waals surface area contributed by atoms with Crippen LogP contribution in [0.3, 0.4) is 0 Å². The summed E-state index contributed by atoms with van der Waals surface area (Å²) < 4.78 is 1.84. The van der Waals surface area contributed by atoms with Crippen LogP contribution in [0.2, 0.25) is 0 Å². The summed E-state index contributed by atoms with van der Waals surface area (Å²) in [4.78, 5) is 20.6. The smallest absolute Gasteiger partial charge is 0.315 e. The lowest BCUT2D eigenvalue weighted by molar-refractivity contribution is 0.214. The largest absolute Gasteiger partial charge is 0.337 e. The van der Waals surface area contributed by atoms with E-state index in [1.165, 1.54) is 12.0 Å². The molecule has 0 spiro atoms. The van der Waals surface area contributed by atoms with Gasteiger partial charge in [0.1, 0.15) is 12.1 Å². The minimum absolute atomic E-state index is 0.0899. The third kappa shape index (κ3) is 3.84. The van der Waals surface area contributed by atoms with E-state index in [4.69, 9.17) is 0 Å². The summed E-state index contributed by atoms with van der Waals surface area (Å²) in [7, 11) is 0. The van der Waals surface area contributed by atoms with Crippen LogP contribution in [0.25, 0.3) is 5.82 Å². The quantitative estimate of drug-likeness (QED) is 0.708. The Balaban J connectivity index is 1.28. The monoisotopic (exact) mass is 361 g/mol. The topological polar surface area (TPSA) is 71.8 Å². The molecule has 2 amide bonds. The molecule has 1 aliphatic carbocycles. The molecule has 0 bridgehead atoms. The van der Waals surface area contributed by atoms with E-state index in [-0.39, 0.29) is 11.4 Å². The van der Waals surface area contributed by atoms with Gasteiger partial charge < -0.3 is 10.6 Å². The summed E-state index contributed by atoms with van der Waals surface area (Å²) in [5.74, 6) is 0.801. The molecule has 27 heavy (non-hydrogen) atoms. The predicted octanol–water partition coefficient (Wildman–Crippen LogP) is 3.19. The minimum atomic E-state index is -0.143. The molecule has 6 heteroatoms. The van der Waals surface area contributed by atoms with Gasteiger partial charge in [-0.1, -0.05) is 42.8 Å². The van der Waals surface area contributed by atoms with Gasteiger partial charge in [0.2, 0.25) is 0 Å². The Labute approximate surface area is 158 Å². The maximum absolute atomic E-state index is 12.2. The summed E-state index contributed by atoms with van der Waals surface area (Å²) in [6.45, 7) is 1.11. The van der Waals surface area contributed by atoms with E-state index in [0.717, 1.165) is 24.2 Å². The second kappa shape index (κ2) is 7.61. The molecule has 1 saturated carbocycles. The van der Waals surface area contributed by atoms with Gasteiger partial charge in [-0.15, -0.1) is 0 Å². The van der Waals surface area contributed by atoms with Crippen LogP contribution in [0, 0.1) is 0 Å². The second-order valence-electron chi connectivity index (χ2n) is 7.03. The summed E-state index contributed by atoms with van der Waals surface area (Å²) in [6.07, 6.45) is 10.5. The van der Waals surface area contributed by atoms with E-state index < -0.39 is 0 Å². The van der Waals surface area contributed by atoms with Crippen molar-refractivity contribution in [3.63, 3.8) is 0 Å². The zero-order valence-electron chi connectivity index (χ0n) is 15.1. The Kier molecular flexibility index (Phi) is 4.87. The minimum Gasteiger partial charge on any atom is -0.337 e. The molecule has 0 aliphatic heterocycles. The molecule has 1 aliphatic rings. The lowest BCUT2D eigenvalue weighted by Crippen LogP contribution is -2.48. The Morgan fingerprint density at radius 1 is 1.11 bits per heavy atom. The Morgan fingerprint density at radius 3 is 2.59 bits per heavy atom. The van der Waals surface area contributed by atoms with Crippen LogP contribution in [0.1, 0.15) is 30.4 Å². The van der Waals surface area contributed by atoms with Crippen molar-refractivity contribution in [1.82, 2.24) is 25.2 Å². The number of amides is 2. The summed E-state index contributed by atoms with van der Waals surface area (Å²) in [6, 6.07) is 14.2. The number of carbonyl (C=O) groups is 1. The molecule has 0 unspecified atom stereocenters. The molecule has 1 fully saturated rings. The zero-order chi connectivity index (χ0) is 18.5. The van der Waals surface area contributed by atoms with Gasteiger partial charge in [-0.05, 0) is 30.0 Å². The standard InChI is InChI=1S/C21H23N5O/c27-20(25-15-21(9-4-10-21)18-5-2-1-3-6-18)24-14-17-7-8-19(23-13-17)26-12-11-22-16-26/h1-3,5-8,11-13,16H,4,9-10,14-15H2,(H2,24,25,27). The van der Waals surface area contributed by atoms with Crippen LogP contribution in [-0.2, 0) is 12.0 Å². The van der Waals surface area contributed by atoms with Crippen molar-refractivity contribution in [2.75, 3.05) is 6.54 Å². The van der Waals surface area contributed by atoms with Crippen LogP contribution in [0.15, 0.2) is 67.4 Å². The van der Waals surface area contributed by atoms with E-state index in [1.807, 2.05) is 29.0 Å². The fraction of sp³-hybridized carbons (Fsp3) is 0.286. The summed E-state index contributed by atoms with van der Waals surface area (Å²) in [5.41, 5.74) is 2.36. The van der Waals surface area contributed by atoms with Gasteiger partial charge in [0.15, 0.2) is 0 Å². The highest BCUT2D eigenvalue weighted by atomic mass is 16.2. The molecule has 2 N–H and O–H groups in total. The van der Waals surface area contributed by atoms with Gasteiger partial charge in [0.05, 0.1) is 0 Å². The highest BCUT2D eigenvalue weighted by Gasteiger charge is 2.38. The third-order valence-electron chi connectivity index (χ3n) is 5.32. The van der Waals surface area contributed by atoms with Gasteiger partial charge in [0, 0.05) is 37.1 Å². The molecule has 6 nitrogen and oxygen atoms in total. The summed E-state index contributed by atoms with van der Waals surface area (Å²) >= 11 is 0. The van der Waals surface area contributed by atoms with Crippen LogP contribution in [0.5, 0.6) is 0 Å². The molecule has 138 valence electrons. The maximum Gasteiger partial charge on any atom is 0.315 e. The molecule has 0 atom stereocenters. The number of rotatable bonds is 6. The Morgan fingerprint density at radius 2 is 1.96 bits per heavy atom. The van der Waals surface area contributed by atoms with E-state index in [9.17, 15) is 4.79 Å². The molecule has 2 aromatic heterocycles. The Hall–Kier alpha value is -3.15. The van der Waals surface area contributed by atoms with E-state index in [2.05, 4.69) is 44.9 Å². The average molecular weight is 361 g/mol. The van der Waals surface area contributed by atoms with Crippen LogP contribution in [0.4, 0.5) is 4.79 Å². The molecule has 1 aromatic carbocycles. The van der Waals surface area contributed by atoms with E-state index in [1.54, 1.807) is 18.7 Å². The number of benzene rings is 1. The van der Waals surface area contributed by atoms with Crippen LogP contribution < -0.4 is 10.6 Å². The van der Waals surface area contributed by atoms with Crippen molar-refractivity contribution < 1.29 is 4.79 Å². The number of aromatic nitrogens is 3. The Bertz CT molecular complexity index is 871. The number of nitrogens with one attached hydrogen (secondary N) is 2. The lowest BCUT2D eigenvalue weighted by atomic mass is 9.64. The first kappa shape index (κ1) is 17.3. The van der Waals surface area contributed by atoms with Gasteiger partial charge in [0.25, 0.3) is 0 Å². The van der Waals surface area contributed by atoms with Gasteiger partial charge in [-0.25, -0.2) is 14.8 Å². The van der Waals surface area contributed by atoms with Crippen molar-refractivity contribution in [2.24, 2.45) is 0 Å². The SMILES string of the molecule is O=C(NCc1ccc(-n2ccnc2)nc1)NCC1(c2ccccc2)CCC1. The average Bonchev–Trinajstić information content (AvgIpc) is 3.22. The number of nitrogens with zero attached hydrogens (tertiary/aromatic N) is 3. The molecule has 2 heterocycles. The fourth-order valence-corrected chi connectivity index (χ4v) is 3.53. The van der Waals surface area contributed by atoms with Crippen molar-refractivity contribution in [1.29, 1.82) is 0 Å². The van der Waals surface area contributed by atoms with E-state index in [0.29, 0.717) is 13.1 Å². The number of carbonyl (C=O) groups excluding carboxylic acids is 1. The number of imidazole rings is 1. The number of hydrogen-bond acceptors (Lipinski definition) is 3. The van der Waals surface area contributed by atoms with Crippen molar-refractivity contribution in [3.05, 3.63) is 78.5 Å². The first-order valence-electron chi connectivity index (χ1n) is 9.26. The third-order valence-corrected chi connectivity index (χ3v) is 5.32. The van der Waals surface area contributed by atoms with Crippen LogP contribution in [-0.4, -0.2) is 27.1 Å². The highest BCUT2D eigenvalue weighted by Crippen LogP contribution is 2.43. The van der Waals surface area contributed by atoms with Gasteiger partial charge >= 0.3 is 6.03 Å². The molecular formula is C21H23N5O. The molecule has 0 saturated heterocycles. The summed E-state index contributed by atoms with van der Waals surface area (Å²) in [5, 5.41) is 5.96. The lowest BCUT2D eigenvalue weighted by Gasteiger charge is -2.42. The zero-order valence-corrected chi connectivity index (χ0v) is 15.1. The number of urea groups is 1. The first-order chi connectivity index (χ1) is 13.3. The predicted molar refractivity (Wildman–Crippen MR) is 104 cm³/mol. The van der Waals surface area contributed by atoms with Crippen molar-refractivity contribution >= 4 is 6.03 Å². The van der Waals surface area contributed by atoms with Gasteiger partial charge in [-0.3, -0.25) is 4.57 Å². The van der Waals surface area contributed by atoms with Crippen LogP contribution >= 0.6 is 0 Å².